The molecule has 130 valence electrons. The summed E-state index contributed by atoms with van der Waals surface area (Å²) >= 11 is 0. The summed E-state index contributed by atoms with van der Waals surface area (Å²) in [4.78, 5) is 32.6. The number of amides is 1. The third-order valence-electron chi connectivity index (χ3n) is 4.82. The highest BCUT2D eigenvalue weighted by atomic mass is 16.2. The van der Waals surface area contributed by atoms with Crippen LogP contribution in [0, 0.1) is 0 Å². The van der Waals surface area contributed by atoms with Gasteiger partial charge in [-0.25, -0.2) is 0 Å². The van der Waals surface area contributed by atoms with E-state index in [0.29, 0.717) is 6.54 Å². The van der Waals surface area contributed by atoms with Crippen LogP contribution >= 0.6 is 0 Å². The van der Waals surface area contributed by atoms with E-state index in [1.807, 2.05) is 29.3 Å². The van der Waals surface area contributed by atoms with Crippen LogP contribution in [0.5, 0.6) is 0 Å². The highest BCUT2D eigenvalue weighted by molar-refractivity contribution is 5.92. The van der Waals surface area contributed by atoms with Gasteiger partial charge in [-0.05, 0) is 47.7 Å². The molecule has 0 atom stereocenters. The molecule has 0 saturated heterocycles. The van der Waals surface area contributed by atoms with Crippen LogP contribution in [0.4, 0.5) is 5.69 Å². The summed E-state index contributed by atoms with van der Waals surface area (Å²) in [7, 11) is 0. The van der Waals surface area contributed by atoms with E-state index in [1.165, 1.54) is 17.2 Å². The van der Waals surface area contributed by atoms with Gasteiger partial charge in [0, 0.05) is 36.6 Å². The van der Waals surface area contributed by atoms with E-state index in [4.69, 9.17) is 0 Å². The molecule has 3 aromatic rings. The van der Waals surface area contributed by atoms with Crippen molar-refractivity contribution in [1.82, 2.24) is 9.97 Å². The number of carbonyl (C=O) groups is 1. The van der Waals surface area contributed by atoms with Crippen molar-refractivity contribution in [3.05, 3.63) is 81.9 Å². The molecule has 0 saturated carbocycles. The standard InChI is InChI=1S/C21H19N3O2/c1-14(25)24-13-18-12-22-19(17-8-9-21(26)23-11-17)10-16(18)7-6-15-4-2-3-5-20(15)24/h2-5,8-12H,6-7,13H2,1H3,(H,23,26). The second-order valence-electron chi connectivity index (χ2n) is 6.51. The lowest BCUT2D eigenvalue weighted by Gasteiger charge is -2.27. The summed E-state index contributed by atoms with van der Waals surface area (Å²) in [5, 5.41) is 0. The zero-order valence-electron chi connectivity index (χ0n) is 14.5. The van der Waals surface area contributed by atoms with E-state index in [9.17, 15) is 9.59 Å². The lowest BCUT2D eigenvalue weighted by molar-refractivity contribution is -0.116. The number of anilines is 1. The molecule has 0 radical (unpaired) electrons. The Morgan fingerprint density at radius 3 is 2.65 bits per heavy atom. The van der Waals surface area contributed by atoms with E-state index in [1.54, 1.807) is 19.2 Å². The molecule has 1 aliphatic heterocycles. The summed E-state index contributed by atoms with van der Waals surface area (Å²) in [6.07, 6.45) is 5.27. The molecule has 0 fully saturated rings. The van der Waals surface area contributed by atoms with E-state index >= 15 is 0 Å². The van der Waals surface area contributed by atoms with Gasteiger partial charge in [0.2, 0.25) is 11.5 Å². The van der Waals surface area contributed by atoms with Crippen LogP contribution in [0.2, 0.25) is 0 Å². The smallest absolute Gasteiger partial charge is 0.247 e. The zero-order valence-corrected chi connectivity index (χ0v) is 14.5. The minimum Gasteiger partial charge on any atom is -0.328 e. The van der Waals surface area contributed by atoms with Crippen molar-refractivity contribution in [3.63, 3.8) is 0 Å². The lowest BCUT2D eigenvalue weighted by atomic mass is 9.95. The number of benzene rings is 1. The zero-order chi connectivity index (χ0) is 18.1. The number of carbonyl (C=O) groups excluding carboxylic acids is 1. The van der Waals surface area contributed by atoms with Gasteiger partial charge in [-0.3, -0.25) is 14.6 Å². The minimum atomic E-state index is -0.131. The number of aromatic amines is 1. The van der Waals surface area contributed by atoms with Crippen molar-refractivity contribution >= 4 is 11.6 Å². The van der Waals surface area contributed by atoms with Crippen molar-refractivity contribution < 1.29 is 4.79 Å². The van der Waals surface area contributed by atoms with E-state index in [0.717, 1.165) is 35.3 Å². The lowest BCUT2D eigenvalue weighted by Crippen LogP contribution is -2.30. The second-order valence-corrected chi connectivity index (χ2v) is 6.51. The number of aromatic nitrogens is 2. The van der Waals surface area contributed by atoms with Crippen molar-refractivity contribution in [1.29, 1.82) is 0 Å². The first-order chi connectivity index (χ1) is 12.6. The Morgan fingerprint density at radius 2 is 1.88 bits per heavy atom. The molecule has 1 amide bonds. The van der Waals surface area contributed by atoms with Gasteiger partial charge in [-0.2, -0.15) is 0 Å². The monoisotopic (exact) mass is 345 g/mol. The molecule has 0 bridgehead atoms. The van der Waals surface area contributed by atoms with Crippen LogP contribution in [-0.4, -0.2) is 15.9 Å². The van der Waals surface area contributed by atoms with Crippen molar-refractivity contribution in [2.24, 2.45) is 0 Å². The SMILES string of the molecule is CC(=O)N1Cc2cnc(-c3ccc(=O)[nH]c3)cc2CCc2ccccc21. The second kappa shape index (κ2) is 6.59. The number of para-hydroxylation sites is 1. The predicted molar refractivity (Wildman–Crippen MR) is 101 cm³/mol. The number of pyridine rings is 2. The Bertz CT molecular complexity index is 1020. The third kappa shape index (κ3) is 3.04. The number of rotatable bonds is 1. The Kier molecular flexibility index (Phi) is 4.13. The first-order valence-electron chi connectivity index (χ1n) is 8.65. The van der Waals surface area contributed by atoms with Crippen LogP contribution in [0.25, 0.3) is 11.3 Å². The molecule has 0 spiro atoms. The summed E-state index contributed by atoms with van der Waals surface area (Å²) in [6.45, 7) is 2.11. The summed E-state index contributed by atoms with van der Waals surface area (Å²) in [5.41, 5.74) is 5.96. The predicted octanol–water partition coefficient (Wildman–Crippen LogP) is 3.09. The summed E-state index contributed by atoms with van der Waals surface area (Å²) < 4.78 is 0. The molecule has 5 heteroatoms. The van der Waals surface area contributed by atoms with Gasteiger partial charge < -0.3 is 9.88 Å². The Balaban J connectivity index is 1.76. The molecule has 2 aromatic heterocycles. The van der Waals surface area contributed by atoms with E-state index in [2.05, 4.69) is 22.1 Å². The molecule has 3 heterocycles. The fourth-order valence-corrected chi connectivity index (χ4v) is 3.42. The molecule has 0 unspecified atom stereocenters. The van der Waals surface area contributed by atoms with Gasteiger partial charge in [0.05, 0.1) is 12.2 Å². The van der Waals surface area contributed by atoms with Crippen LogP contribution < -0.4 is 10.5 Å². The highest BCUT2D eigenvalue weighted by Crippen LogP contribution is 2.29. The number of aryl methyl sites for hydroxylation is 2. The summed E-state index contributed by atoms with van der Waals surface area (Å²) in [5.74, 6) is 0.0232. The average molecular weight is 345 g/mol. The van der Waals surface area contributed by atoms with Gasteiger partial charge in [0.25, 0.3) is 0 Å². The third-order valence-corrected chi connectivity index (χ3v) is 4.82. The number of H-pyrrole nitrogens is 1. The molecule has 1 aromatic carbocycles. The Morgan fingerprint density at radius 1 is 1.08 bits per heavy atom. The molecule has 4 rings (SSSR count). The average Bonchev–Trinajstić information content (AvgIpc) is 2.64. The fourth-order valence-electron chi connectivity index (χ4n) is 3.42. The van der Waals surface area contributed by atoms with Crippen LogP contribution in [0.15, 0.2) is 59.7 Å². The molecule has 5 nitrogen and oxygen atoms in total. The largest absolute Gasteiger partial charge is 0.328 e. The number of nitrogens with zero attached hydrogens (tertiary/aromatic N) is 2. The van der Waals surface area contributed by atoms with Gasteiger partial charge in [0.15, 0.2) is 0 Å². The summed E-state index contributed by atoms with van der Waals surface area (Å²) in [6, 6.07) is 13.4. The van der Waals surface area contributed by atoms with Gasteiger partial charge in [-0.15, -0.1) is 0 Å². The first kappa shape index (κ1) is 16.3. The van der Waals surface area contributed by atoms with Crippen LogP contribution in [0.1, 0.15) is 23.6 Å². The topological polar surface area (TPSA) is 66.1 Å². The minimum absolute atomic E-state index is 0.0232. The van der Waals surface area contributed by atoms with Crippen LogP contribution in [0.3, 0.4) is 0 Å². The first-order valence-corrected chi connectivity index (χ1v) is 8.65. The maximum Gasteiger partial charge on any atom is 0.247 e. The normalized spacial score (nSPS) is 13.3. The fraction of sp³-hybridized carbons (Fsp3) is 0.190. The van der Waals surface area contributed by atoms with Crippen LogP contribution in [-0.2, 0) is 24.2 Å². The number of nitrogens with one attached hydrogen (secondary N) is 1. The molecular weight excluding hydrogens is 326 g/mol. The number of fused-ring (bicyclic) bond motifs is 2. The van der Waals surface area contributed by atoms with Gasteiger partial charge >= 0.3 is 0 Å². The molecule has 0 aliphatic carbocycles. The Hall–Kier alpha value is -3.21. The van der Waals surface area contributed by atoms with Crippen molar-refractivity contribution in [3.8, 4) is 11.3 Å². The van der Waals surface area contributed by atoms with E-state index in [-0.39, 0.29) is 11.5 Å². The van der Waals surface area contributed by atoms with Crippen molar-refractivity contribution in [2.45, 2.75) is 26.3 Å². The molecule has 1 N–H and O–H groups in total. The van der Waals surface area contributed by atoms with Gasteiger partial charge in [-0.1, -0.05) is 18.2 Å². The quantitative estimate of drug-likeness (QED) is 0.737. The Labute approximate surface area is 151 Å². The van der Waals surface area contributed by atoms with Crippen molar-refractivity contribution in [2.75, 3.05) is 4.90 Å². The molecular formula is C21H19N3O2. The highest BCUT2D eigenvalue weighted by Gasteiger charge is 2.20. The van der Waals surface area contributed by atoms with E-state index < -0.39 is 0 Å². The number of hydrogen-bond donors (Lipinski definition) is 1. The van der Waals surface area contributed by atoms with Gasteiger partial charge in [0.1, 0.15) is 0 Å². The number of hydrogen-bond acceptors (Lipinski definition) is 3. The maximum atomic E-state index is 12.2. The maximum absolute atomic E-state index is 12.2. The molecule has 26 heavy (non-hydrogen) atoms. The molecule has 1 aliphatic rings.